The van der Waals surface area contributed by atoms with Crippen molar-refractivity contribution in [3.8, 4) is 0 Å². The maximum atomic E-state index is 11.5. The number of thioether (sulfide) groups is 1. The van der Waals surface area contributed by atoms with Crippen LogP contribution in [0.4, 0.5) is 0 Å². The van der Waals surface area contributed by atoms with Gasteiger partial charge in [-0.3, -0.25) is 9.59 Å². The van der Waals surface area contributed by atoms with Gasteiger partial charge in [-0.1, -0.05) is 47.1 Å². The quantitative estimate of drug-likeness (QED) is 0.647. The van der Waals surface area contributed by atoms with Crippen LogP contribution in [-0.2, 0) is 9.59 Å². The van der Waals surface area contributed by atoms with Gasteiger partial charge in [0.15, 0.2) is 5.17 Å². The number of hydrogen-bond donors (Lipinski definition) is 2. The fourth-order valence-electron chi connectivity index (χ4n) is 1.51. The molecule has 1 fully saturated rings. The van der Waals surface area contributed by atoms with Crippen molar-refractivity contribution in [2.75, 3.05) is 0 Å². The van der Waals surface area contributed by atoms with Crippen LogP contribution in [0.1, 0.15) is 12.0 Å². The predicted octanol–water partition coefficient (Wildman–Crippen LogP) is 2.39. The van der Waals surface area contributed by atoms with Gasteiger partial charge in [0.05, 0.1) is 22.7 Å². The summed E-state index contributed by atoms with van der Waals surface area (Å²) >= 11 is 12.9. The third-order valence-corrected chi connectivity index (χ3v) is 4.37. The number of amides is 1. The Balaban J connectivity index is 2.05. The van der Waals surface area contributed by atoms with E-state index in [2.05, 4.69) is 15.5 Å². The Morgan fingerprint density at radius 2 is 2.24 bits per heavy atom. The number of carbonyl (C=O) groups excluding carboxylic acids is 1. The molecule has 110 valence electrons. The Labute approximate surface area is 134 Å². The number of carboxylic acid groups (broad SMARTS) is 1. The van der Waals surface area contributed by atoms with Gasteiger partial charge < -0.3 is 10.4 Å². The van der Waals surface area contributed by atoms with Crippen LogP contribution >= 0.6 is 35.0 Å². The summed E-state index contributed by atoms with van der Waals surface area (Å²) in [5.74, 6) is -1.43. The minimum absolute atomic E-state index is 0.251. The van der Waals surface area contributed by atoms with Crippen molar-refractivity contribution in [1.82, 2.24) is 5.32 Å². The molecular weight excluding hydrogens is 337 g/mol. The summed E-state index contributed by atoms with van der Waals surface area (Å²) in [5.41, 5.74) is 0.588. The second kappa shape index (κ2) is 6.93. The van der Waals surface area contributed by atoms with Crippen LogP contribution in [0.2, 0.25) is 10.0 Å². The van der Waals surface area contributed by atoms with Crippen molar-refractivity contribution >= 4 is 58.2 Å². The van der Waals surface area contributed by atoms with E-state index in [1.165, 1.54) is 6.21 Å². The second-order valence-corrected chi connectivity index (χ2v) is 5.96. The molecule has 1 heterocycles. The van der Waals surface area contributed by atoms with Crippen LogP contribution in [0, 0.1) is 0 Å². The number of aliphatic carboxylic acids is 1. The molecule has 0 unspecified atom stereocenters. The molecule has 1 saturated heterocycles. The zero-order valence-electron chi connectivity index (χ0n) is 10.4. The largest absolute Gasteiger partial charge is 0.481 e. The third kappa shape index (κ3) is 4.20. The Morgan fingerprint density at radius 1 is 1.48 bits per heavy atom. The van der Waals surface area contributed by atoms with Gasteiger partial charge in [0.2, 0.25) is 5.91 Å². The molecule has 0 saturated carbocycles. The maximum absolute atomic E-state index is 11.5. The summed E-state index contributed by atoms with van der Waals surface area (Å²) in [5, 5.41) is 19.1. The standard InChI is InChI=1S/C12H9Cl2N3O3S/c13-7-3-1-2-6(10(7)14)5-15-17-12-16-11(20)8(21-12)4-9(18)19/h1-3,5,8H,4H2,(H,18,19)(H,16,17,20)/b15-5-/t8-/m1/s1. The van der Waals surface area contributed by atoms with E-state index in [1.807, 2.05) is 0 Å². The molecule has 2 N–H and O–H groups in total. The summed E-state index contributed by atoms with van der Waals surface area (Å²) in [7, 11) is 0. The number of rotatable bonds is 4. The lowest BCUT2D eigenvalue weighted by Gasteiger charge is -1.98. The summed E-state index contributed by atoms with van der Waals surface area (Å²) in [6.45, 7) is 0. The van der Waals surface area contributed by atoms with E-state index in [-0.39, 0.29) is 11.6 Å². The van der Waals surface area contributed by atoms with Crippen molar-refractivity contribution in [2.45, 2.75) is 11.7 Å². The van der Waals surface area contributed by atoms with Gasteiger partial charge in [-0.05, 0) is 6.07 Å². The van der Waals surface area contributed by atoms with Crippen molar-refractivity contribution in [1.29, 1.82) is 0 Å². The maximum Gasteiger partial charge on any atom is 0.305 e. The molecule has 9 heteroatoms. The lowest BCUT2D eigenvalue weighted by atomic mass is 10.2. The fourth-order valence-corrected chi connectivity index (χ4v) is 2.78. The smallest absolute Gasteiger partial charge is 0.305 e. The Kier molecular flexibility index (Phi) is 5.22. The Bertz CT molecular complexity index is 649. The lowest BCUT2D eigenvalue weighted by Crippen LogP contribution is -2.26. The monoisotopic (exact) mass is 345 g/mol. The average Bonchev–Trinajstić information content (AvgIpc) is 2.74. The highest BCUT2D eigenvalue weighted by atomic mass is 35.5. The van der Waals surface area contributed by atoms with E-state index in [0.29, 0.717) is 15.6 Å². The second-order valence-electron chi connectivity index (χ2n) is 3.99. The summed E-state index contributed by atoms with van der Waals surface area (Å²) in [6, 6.07) is 5.08. The summed E-state index contributed by atoms with van der Waals surface area (Å²) in [6.07, 6.45) is 1.14. The number of nitrogens with zero attached hydrogens (tertiary/aromatic N) is 2. The van der Waals surface area contributed by atoms with Gasteiger partial charge >= 0.3 is 5.97 Å². The first kappa shape index (κ1) is 15.8. The minimum atomic E-state index is -1.04. The normalized spacial score (nSPS) is 20.2. The molecule has 0 bridgehead atoms. The molecule has 1 aromatic carbocycles. The van der Waals surface area contributed by atoms with E-state index in [9.17, 15) is 9.59 Å². The van der Waals surface area contributed by atoms with Crippen molar-refractivity contribution < 1.29 is 14.7 Å². The molecule has 21 heavy (non-hydrogen) atoms. The van der Waals surface area contributed by atoms with Gasteiger partial charge in [0.25, 0.3) is 0 Å². The number of benzene rings is 1. The molecule has 1 atom stereocenters. The van der Waals surface area contributed by atoms with Gasteiger partial charge in [-0.25, -0.2) is 0 Å². The zero-order chi connectivity index (χ0) is 15.4. The molecule has 0 aromatic heterocycles. The number of carboxylic acids is 1. The molecule has 0 spiro atoms. The molecule has 1 aromatic rings. The van der Waals surface area contributed by atoms with Gasteiger partial charge in [-0.15, -0.1) is 5.10 Å². The first-order valence-electron chi connectivity index (χ1n) is 5.71. The molecular formula is C12H9Cl2N3O3S. The highest BCUT2D eigenvalue weighted by molar-refractivity contribution is 8.15. The highest BCUT2D eigenvalue weighted by Gasteiger charge is 2.32. The van der Waals surface area contributed by atoms with Gasteiger partial charge in [0.1, 0.15) is 5.25 Å². The Morgan fingerprint density at radius 3 is 2.95 bits per heavy atom. The number of carbonyl (C=O) groups is 2. The summed E-state index contributed by atoms with van der Waals surface area (Å²) < 4.78 is 0. The molecule has 1 aliphatic rings. The number of nitrogens with one attached hydrogen (secondary N) is 1. The van der Waals surface area contributed by atoms with Gasteiger partial charge in [-0.2, -0.15) is 5.10 Å². The molecule has 1 amide bonds. The van der Waals surface area contributed by atoms with Crippen LogP contribution in [0.15, 0.2) is 28.4 Å². The fraction of sp³-hybridized carbons (Fsp3) is 0.167. The SMILES string of the molecule is O=C(O)C[C@H]1S/C(=N\N=C/c2cccc(Cl)c2Cl)NC1=O. The molecule has 2 rings (SSSR count). The number of halogens is 2. The van der Waals surface area contributed by atoms with E-state index < -0.39 is 17.1 Å². The van der Waals surface area contributed by atoms with Crippen LogP contribution in [0.3, 0.4) is 0 Å². The molecule has 0 radical (unpaired) electrons. The number of hydrogen-bond acceptors (Lipinski definition) is 5. The Hall–Kier alpha value is -1.57. The first-order valence-corrected chi connectivity index (χ1v) is 7.35. The lowest BCUT2D eigenvalue weighted by molar-refractivity contribution is -0.138. The van der Waals surface area contributed by atoms with Crippen LogP contribution < -0.4 is 5.32 Å². The van der Waals surface area contributed by atoms with E-state index in [4.69, 9.17) is 28.3 Å². The van der Waals surface area contributed by atoms with Crippen LogP contribution in [0.25, 0.3) is 0 Å². The summed E-state index contributed by atoms with van der Waals surface area (Å²) in [4.78, 5) is 22.1. The van der Waals surface area contributed by atoms with Gasteiger partial charge in [0, 0.05) is 5.56 Å². The number of amidine groups is 1. The minimum Gasteiger partial charge on any atom is -0.481 e. The molecule has 6 nitrogen and oxygen atoms in total. The topological polar surface area (TPSA) is 91.1 Å². The van der Waals surface area contributed by atoms with E-state index in [0.717, 1.165) is 11.8 Å². The average molecular weight is 346 g/mol. The zero-order valence-corrected chi connectivity index (χ0v) is 12.7. The van der Waals surface area contributed by atoms with E-state index in [1.54, 1.807) is 18.2 Å². The third-order valence-electron chi connectivity index (χ3n) is 2.46. The highest BCUT2D eigenvalue weighted by Crippen LogP contribution is 2.25. The molecule has 1 aliphatic heterocycles. The van der Waals surface area contributed by atoms with Crippen LogP contribution in [0.5, 0.6) is 0 Å². The van der Waals surface area contributed by atoms with Crippen molar-refractivity contribution in [3.63, 3.8) is 0 Å². The van der Waals surface area contributed by atoms with Crippen molar-refractivity contribution in [2.24, 2.45) is 10.2 Å². The predicted molar refractivity (Wildman–Crippen MR) is 83.3 cm³/mol. The molecule has 0 aliphatic carbocycles. The van der Waals surface area contributed by atoms with Crippen LogP contribution in [-0.4, -0.2) is 33.6 Å². The van der Waals surface area contributed by atoms with Crippen molar-refractivity contribution in [3.05, 3.63) is 33.8 Å². The first-order chi connectivity index (χ1) is 9.97. The van der Waals surface area contributed by atoms with E-state index >= 15 is 0 Å².